The van der Waals surface area contributed by atoms with Crippen LogP contribution in [0.2, 0.25) is 0 Å². The Hall–Kier alpha value is -0.770. The van der Waals surface area contributed by atoms with E-state index in [2.05, 4.69) is 12.2 Å². The molecule has 8 nitrogen and oxygen atoms in total. The van der Waals surface area contributed by atoms with Crippen molar-refractivity contribution in [1.82, 2.24) is 5.32 Å². The SMILES string of the molecule is CCCCCCCCCCCCCCCCOC[C@H](CC[C@@H]1O[C@H](CO)[C@@H](O)[C@H](O)[C@H]1NC(C)=O)OC. The Labute approximate surface area is 225 Å². The minimum absolute atomic E-state index is 0.134. The van der Waals surface area contributed by atoms with Gasteiger partial charge in [0.1, 0.15) is 18.3 Å². The number of hydrogen-bond acceptors (Lipinski definition) is 7. The lowest BCUT2D eigenvalue weighted by Gasteiger charge is -2.43. The highest BCUT2D eigenvalue weighted by Crippen LogP contribution is 2.25. The number of unbranched alkanes of at least 4 members (excludes halogenated alkanes) is 13. The minimum atomic E-state index is -1.26. The summed E-state index contributed by atoms with van der Waals surface area (Å²) in [5.41, 5.74) is 0. The summed E-state index contributed by atoms with van der Waals surface area (Å²) in [7, 11) is 1.64. The van der Waals surface area contributed by atoms with Crippen LogP contribution in [0.1, 0.15) is 117 Å². The zero-order valence-corrected chi connectivity index (χ0v) is 23.9. The van der Waals surface area contributed by atoms with Gasteiger partial charge in [0, 0.05) is 20.6 Å². The molecule has 0 aromatic heterocycles. The molecule has 1 aliphatic rings. The molecular weight excluding hydrogens is 474 g/mol. The molecule has 1 aliphatic heterocycles. The Bertz CT molecular complexity index is 550. The van der Waals surface area contributed by atoms with Gasteiger partial charge in [-0.15, -0.1) is 0 Å². The fraction of sp³-hybridized carbons (Fsp3) is 0.966. The number of carbonyl (C=O) groups excluding carboxylic acids is 1. The van der Waals surface area contributed by atoms with Crippen molar-refractivity contribution in [1.29, 1.82) is 0 Å². The summed E-state index contributed by atoms with van der Waals surface area (Å²) in [6.45, 7) is 4.41. The first-order chi connectivity index (χ1) is 17.9. The summed E-state index contributed by atoms with van der Waals surface area (Å²) in [4.78, 5) is 11.6. The molecule has 8 heteroatoms. The summed E-state index contributed by atoms with van der Waals surface area (Å²) in [5, 5.41) is 32.7. The smallest absolute Gasteiger partial charge is 0.217 e. The third kappa shape index (κ3) is 15.4. The van der Waals surface area contributed by atoms with Gasteiger partial charge in [-0.25, -0.2) is 0 Å². The lowest BCUT2D eigenvalue weighted by molar-refractivity contribution is -0.198. The number of nitrogens with one attached hydrogen (secondary N) is 1. The first kappa shape index (κ1) is 34.3. The third-order valence-electron chi connectivity index (χ3n) is 7.45. The van der Waals surface area contributed by atoms with Crippen LogP contribution in [0.4, 0.5) is 0 Å². The molecule has 1 fully saturated rings. The summed E-state index contributed by atoms with van der Waals surface area (Å²) in [6.07, 6.45) is 15.7. The van der Waals surface area contributed by atoms with Gasteiger partial charge in [0.05, 0.1) is 31.5 Å². The molecule has 1 amide bonds. The highest BCUT2D eigenvalue weighted by Gasteiger charge is 2.44. The molecule has 220 valence electrons. The molecule has 0 saturated carbocycles. The fourth-order valence-electron chi connectivity index (χ4n) is 5.09. The van der Waals surface area contributed by atoms with Crippen molar-refractivity contribution >= 4 is 5.91 Å². The van der Waals surface area contributed by atoms with Gasteiger partial charge in [-0.05, 0) is 19.3 Å². The Balaban J connectivity index is 2.11. The van der Waals surface area contributed by atoms with Crippen LogP contribution in [0.5, 0.6) is 0 Å². The van der Waals surface area contributed by atoms with E-state index in [9.17, 15) is 20.1 Å². The van der Waals surface area contributed by atoms with Crippen molar-refractivity contribution in [2.24, 2.45) is 0 Å². The summed E-state index contributed by atoms with van der Waals surface area (Å²) in [6, 6.07) is -0.746. The van der Waals surface area contributed by atoms with E-state index in [4.69, 9.17) is 14.2 Å². The second-order valence-electron chi connectivity index (χ2n) is 10.7. The second-order valence-corrected chi connectivity index (χ2v) is 10.7. The largest absolute Gasteiger partial charge is 0.394 e. The number of carbonyl (C=O) groups is 1. The van der Waals surface area contributed by atoms with Gasteiger partial charge in [0.25, 0.3) is 0 Å². The summed E-state index contributed by atoms with van der Waals surface area (Å²) >= 11 is 0. The Morgan fingerprint density at radius 1 is 0.865 bits per heavy atom. The third-order valence-corrected chi connectivity index (χ3v) is 7.45. The maximum absolute atomic E-state index is 11.6. The zero-order chi connectivity index (χ0) is 27.3. The van der Waals surface area contributed by atoms with Crippen molar-refractivity contribution in [2.75, 3.05) is 26.9 Å². The van der Waals surface area contributed by atoms with E-state index in [1.165, 1.54) is 90.4 Å². The first-order valence-corrected chi connectivity index (χ1v) is 14.9. The van der Waals surface area contributed by atoms with Crippen LogP contribution in [-0.2, 0) is 19.0 Å². The van der Waals surface area contributed by atoms with Crippen molar-refractivity contribution in [3.63, 3.8) is 0 Å². The lowest BCUT2D eigenvalue weighted by atomic mass is 9.90. The predicted octanol–water partition coefficient (Wildman–Crippen LogP) is 4.27. The molecule has 0 aliphatic carbocycles. The number of rotatable bonds is 23. The monoisotopic (exact) mass is 531 g/mol. The summed E-state index contributed by atoms with van der Waals surface area (Å²) < 4.78 is 17.2. The van der Waals surface area contributed by atoms with E-state index in [0.29, 0.717) is 26.1 Å². The van der Waals surface area contributed by atoms with Crippen molar-refractivity contribution < 1.29 is 34.3 Å². The van der Waals surface area contributed by atoms with Gasteiger partial charge < -0.3 is 34.8 Å². The fourth-order valence-corrected chi connectivity index (χ4v) is 5.09. The second kappa shape index (κ2) is 22.1. The maximum atomic E-state index is 11.6. The highest BCUT2D eigenvalue weighted by molar-refractivity contribution is 5.73. The van der Waals surface area contributed by atoms with Crippen LogP contribution in [0.15, 0.2) is 0 Å². The number of aliphatic hydroxyl groups is 3. The number of hydrogen-bond donors (Lipinski definition) is 4. The molecule has 0 unspecified atom stereocenters. The average molecular weight is 532 g/mol. The van der Waals surface area contributed by atoms with Gasteiger partial charge in [0.2, 0.25) is 5.91 Å². The highest BCUT2D eigenvalue weighted by atomic mass is 16.5. The van der Waals surface area contributed by atoms with E-state index >= 15 is 0 Å². The normalized spacial score (nSPS) is 24.8. The molecule has 0 bridgehead atoms. The van der Waals surface area contributed by atoms with Gasteiger partial charge in [0.15, 0.2) is 0 Å². The van der Waals surface area contributed by atoms with E-state index < -0.39 is 37.1 Å². The Morgan fingerprint density at radius 2 is 1.41 bits per heavy atom. The molecule has 4 N–H and O–H groups in total. The van der Waals surface area contributed by atoms with Crippen molar-refractivity contribution in [3.05, 3.63) is 0 Å². The van der Waals surface area contributed by atoms with E-state index in [1.807, 2.05) is 0 Å². The van der Waals surface area contributed by atoms with E-state index in [1.54, 1.807) is 7.11 Å². The first-order valence-electron chi connectivity index (χ1n) is 14.9. The zero-order valence-electron chi connectivity index (χ0n) is 23.9. The van der Waals surface area contributed by atoms with Crippen molar-refractivity contribution in [2.45, 2.75) is 153 Å². The number of aliphatic hydroxyl groups excluding tert-OH is 3. The summed E-state index contributed by atoms with van der Waals surface area (Å²) in [5.74, 6) is -0.313. The molecular formula is C29H57NO7. The number of amides is 1. The van der Waals surface area contributed by atoms with Crippen LogP contribution in [0.25, 0.3) is 0 Å². The van der Waals surface area contributed by atoms with Gasteiger partial charge >= 0.3 is 0 Å². The van der Waals surface area contributed by atoms with Crippen LogP contribution in [-0.4, -0.2) is 84.7 Å². The van der Waals surface area contributed by atoms with E-state index in [-0.39, 0.29) is 12.0 Å². The topological polar surface area (TPSA) is 117 Å². The Kier molecular flexibility index (Phi) is 20.5. The van der Waals surface area contributed by atoms with Crippen LogP contribution < -0.4 is 5.32 Å². The van der Waals surface area contributed by atoms with Gasteiger partial charge in [-0.1, -0.05) is 90.4 Å². The molecule has 37 heavy (non-hydrogen) atoms. The van der Waals surface area contributed by atoms with Crippen LogP contribution in [0.3, 0.4) is 0 Å². The average Bonchev–Trinajstić information content (AvgIpc) is 2.89. The number of methoxy groups -OCH3 is 1. The van der Waals surface area contributed by atoms with E-state index in [0.717, 1.165) is 6.42 Å². The lowest BCUT2D eigenvalue weighted by Crippen LogP contribution is -2.64. The molecule has 0 aromatic carbocycles. The van der Waals surface area contributed by atoms with Crippen molar-refractivity contribution in [3.8, 4) is 0 Å². The Morgan fingerprint density at radius 3 is 1.89 bits per heavy atom. The van der Waals surface area contributed by atoms with Crippen LogP contribution >= 0.6 is 0 Å². The quantitative estimate of drug-likeness (QED) is 0.146. The van der Waals surface area contributed by atoms with Gasteiger partial charge in [-0.2, -0.15) is 0 Å². The molecule has 0 spiro atoms. The molecule has 0 radical (unpaired) electrons. The molecule has 0 aromatic rings. The van der Waals surface area contributed by atoms with Crippen LogP contribution in [0, 0.1) is 0 Å². The predicted molar refractivity (Wildman–Crippen MR) is 147 cm³/mol. The molecule has 6 atom stereocenters. The standard InChI is InChI=1S/C29H57NO7/c1-4-5-6-7-8-9-10-11-12-13-14-15-16-17-20-36-22-24(35-3)18-19-25-27(30-23(2)32)29(34)28(33)26(21-31)37-25/h24-29,31,33-34H,4-22H2,1-3H3,(H,30,32)/t24-,25-,26+,27-,28+,29+/m0/s1. The van der Waals surface area contributed by atoms with Gasteiger partial charge in [-0.3, -0.25) is 4.79 Å². The molecule has 1 saturated heterocycles. The minimum Gasteiger partial charge on any atom is -0.394 e. The molecule has 1 rings (SSSR count). The molecule has 1 heterocycles. The maximum Gasteiger partial charge on any atom is 0.217 e. The number of ether oxygens (including phenoxy) is 3.